The third-order valence-corrected chi connectivity index (χ3v) is 2.31. The van der Waals surface area contributed by atoms with Gasteiger partial charge < -0.3 is 5.11 Å². The van der Waals surface area contributed by atoms with Gasteiger partial charge in [-0.15, -0.1) is 11.8 Å². The molecule has 0 spiro atoms. The maximum atomic E-state index is 8.62. The van der Waals surface area contributed by atoms with Crippen molar-refractivity contribution in [1.29, 1.82) is 0 Å². The van der Waals surface area contributed by atoms with Crippen molar-refractivity contribution in [2.24, 2.45) is 0 Å². The molecule has 0 aromatic carbocycles. The molecule has 2 nitrogen and oxygen atoms in total. The summed E-state index contributed by atoms with van der Waals surface area (Å²) < 4.78 is 0. The minimum Gasteiger partial charge on any atom is -0.396 e. The van der Waals surface area contributed by atoms with Crippen molar-refractivity contribution in [3.05, 3.63) is 23.4 Å². The fourth-order valence-corrected chi connectivity index (χ4v) is 1.81. The monoisotopic (exact) mass is 183 g/mol. The Morgan fingerprint density at radius 1 is 1.42 bits per heavy atom. The lowest BCUT2D eigenvalue weighted by Gasteiger charge is -2.01. The Morgan fingerprint density at radius 3 is 2.75 bits per heavy atom. The predicted molar refractivity (Wildman–Crippen MR) is 51.5 cm³/mol. The van der Waals surface area contributed by atoms with Gasteiger partial charge in [0, 0.05) is 11.4 Å². The number of aliphatic hydroxyl groups excluding tert-OH is 1. The van der Waals surface area contributed by atoms with Gasteiger partial charge >= 0.3 is 0 Å². The van der Waals surface area contributed by atoms with E-state index in [1.165, 1.54) is 5.56 Å². The second-order valence-electron chi connectivity index (χ2n) is 2.70. The number of thioether (sulfide) groups is 1. The summed E-state index contributed by atoms with van der Waals surface area (Å²) >= 11 is 1.59. The van der Waals surface area contributed by atoms with E-state index < -0.39 is 0 Å². The van der Waals surface area contributed by atoms with Crippen molar-refractivity contribution in [2.75, 3.05) is 12.4 Å². The number of hydrogen-bond acceptors (Lipinski definition) is 3. The van der Waals surface area contributed by atoms with Crippen LogP contribution in [0.5, 0.6) is 0 Å². The molecule has 12 heavy (non-hydrogen) atoms. The molecular weight excluding hydrogens is 170 g/mol. The average molecular weight is 183 g/mol. The van der Waals surface area contributed by atoms with E-state index in [9.17, 15) is 0 Å². The van der Waals surface area contributed by atoms with Gasteiger partial charge in [-0.25, -0.2) is 4.98 Å². The second kappa shape index (κ2) is 4.48. The Bertz CT molecular complexity index is 242. The van der Waals surface area contributed by atoms with Crippen LogP contribution in [0, 0.1) is 13.8 Å². The lowest BCUT2D eigenvalue weighted by molar-refractivity contribution is 0.322. The summed E-state index contributed by atoms with van der Waals surface area (Å²) in [5, 5.41) is 9.62. The highest BCUT2D eigenvalue weighted by atomic mass is 32.2. The molecule has 0 saturated carbocycles. The van der Waals surface area contributed by atoms with Gasteiger partial charge in [0.2, 0.25) is 0 Å². The van der Waals surface area contributed by atoms with E-state index in [0.29, 0.717) is 0 Å². The molecule has 66 valence electrons. The van der Waals surface area contributed by atoms with Crippen LogP contribution in [-0.4, -0.2) is 22.5 Å². The Labute approximate surface area is 77.0 Å². The van der Waals surface area contributed by atoms with Crippen molar-refractivity contribution >= 4 is 11.8 Å². The summed E-state index contributed by atoms with van der Waals surface area (Å²) in [4.78, 5) is 4.32. The zero-order valence-corrected chi connectivity index (χ0v) is 8.19. The fraction of sp³-hybridized carbons (Fsp3) is 0.444. The molecule has 1 rings (SSSR count). The predicted octanol–water partition coefficient (Wildman–Crippen LogP) is 1.78. The first-order valence-electron chi connectivity index (χ1n) is 3.91. The van der Waals surface area contributed by atoms with Gasteiger partial charge in [-0.1, -0.05) is 0 Å². The maximum Gasteiger partial charge on any atom is 0.0966 e. The largest absolute Gasteiger partial charge is 0.396 e. The van der Waals surface area contributed by atoms with E-state index in [-0.39, 0.29) is 6.61 Å². The van der Waals surface area contributed by atoms with Crippen LogP contribution in [0.25, 0.3) is 0 Å². The Morgan fingerprint density at radius 2 is 2.17 bits per heavy atom. The van der Waals surface area contributed by atoms with Gasteiger partial charge in [-0.3, -0.25) is 0 Å². The van der Waals surface area contributed by atoms with E-state index >= 15 is 0 Å². The first-order valence-corrected chi connectivity index (χ1v) is 4.90. The molecule has 0 aliphatic heterocycles. The van der Waals surface area contributed by atoms with Gasteiger partial charge in [0.05, 0.1) is 11.6 Å². The quantitative estimate of drug-likeness (QED) is 0.725. The first-order chi connectivity index (χ1) is 5.72. The van der Waals surface area contributed by atoms with Gasteiger partial charge in [-0.05, 0) is 31.5 Å². The summed E-state index contributed by atoms with van der Waals surface area (Å²) in [6.07, 6.45) is 0. The van der Waals surface area contributed by atoms with Crippen LogP contribution in [0.15, 0.2) is 17.2 Å². The van der Waals surface area contributed by atoms with Gasteiger partial charge in [0.1, 0.15) is 0 Å². The third kappa shape index (κ3) is 2.83. The molecule has 1 aromatic heterocycles. The van der Waals surface area contributed by atoms with E-state index in [2.05, 4.69) is 11.9 Å². The molecule has 1 aromatic rings. The zero-order chi connectivity index (χ0) is 8.97. The van der Waals surface area contributed by atoms with Crippen LogP contribution >= 0.6 is 11.8 Å². The minimum absolute atomic E-state index is 0.208. The molecule has 0 aliphatic carbocycles. The van der Waals surface area contributed by atoms with Gasteiger partial charge in [-0.2, -0.15) is 0 Å². The molecule has 0 unspecified atom stereocenters. The highest BCUT2D eigenvalue weighted by molar-refractivity contribution is 7.99. The Balaban J connectivity index is 2.72. The van der Waals surface area contributed by atoms with Crippen molar-refractivity contribution in [1.82, 2.24) is 4.98 Å². The SMILES string of the molecule is Cc1cc(C)nc(SCCO)c1. The molecule has 3 heteroatoms. The number of nitrogens with zero attached hydrogens (tertiary/aromatic N) is 1. The van der Waals surface area contributed by atoms with Crippen molar-refractivity contribution < 1.29 is 5.11 Å². The smallest absolute Gasteiger partial charge is 0.0966 e. The molecule has 0 saturated heterocycles. The topological polar surface area (TPSA) is 33.1 Å². The first kappa shape index (κ1) is 9.55. The fourth-order valence-electron chi connectivity index (χ4n) is 1.03. The van der Waals surface area contributed by atoms with Crippen LogP contribution in [-0.2, 0) is 0 Å². The molecular formula is C9H13NOS. The maximum absolute atomic E-state index is 8.62. The highest BCUT2D eigenvalue weighted by Crippen LogP contribution is 2.16. The van der Waals surface area contributed by atoms with Crippen molar-refractivity contribution in [3.8, 4) is 0 Å². The van der Waals surface area contributed by atoms with Crippen LogP contribution in [0.3, 0.4) is 0 Å². The summed E-state index contributed by atoms with van der Waals surface area (Å²) in [6, 6.07) is 4.08. The normalized spacial score (nSPS) is 10.2. The van der Waals surface area contributed by atoms with Gasteiger partial charge in [0.15, 0.2) is 0 Å². The van der Waals surface area contributed by atoms with E-state index in [1.54, 1.807) is 11.8 Å². The minimum atomic E-state index is 0.208. The highest BCUT2D eigenvalue weighted by Gasteiger charge is 1.96. The standard InChI is InChI=1S/C9H13NOS/c1-7-5-8(2)10-9(6-7)12-4-3-11/h5-6,11H,3-4H2,1-2H3. The molecule has 0 aliphatic rings. The second-order valence-corrected chi connectivity index (χ2v) is 3.81. The molecule has 0 atom stereocenters. The summed E-state index contributed by atoms with van der Waals surface area (Å²) in [7, 11) is 0. The molecule has 1 heterocycles. The number of hydrogen-bond donors (Lipinski definition) is 1. The molecule has 1 N–H and O–H groups in total. The number of rotatable bonds is 3. The summed E-state index contributed by atoms with van der Waals surface area (Å²) in [5.41, 5.74) is 2.26. The number of aryl methyl sites for hydroxylation is 2. The number of aromatic nitrogens is 1. The third-order valence-electron chi connectivity index (χ3n) is 1.42. The van der Waals surface area contributed by atoms with E-state index in [4.69, 9.17) is 5.11 Å². The van der Waals surface area contributed by atoms with E-state index in [0.717, 1.165) is 16.5 Å². The van der Waals surface area contributed by atoms with Crippen LogP contribution in [0.2, 0.25) is 0 Å². The van der Waals surface area contributed by atoms with Gasteiger partial charge in [0.25, 0.3) is 0 Å². The molecule has 0 fully saturated rings. The summed E-state index contributed by atoms with van der Waals surface area (Å²) in [6.45, 7) is 4.24. The zero-order valence-electron chi connectivity index (χ0n) is 7.37. The van der Waals surface area contributed by atoms with E-state index in [1.807, 2.05) is 19.1 Å². The lowest BCUT2D eigenvalue weighted by Crippen LogP contribution is -1.90. The Kier molecular flexibility index (Phi) is 3.56. The Hall–Kier alpha value is -0.540. The molecule has 0 radical (unpaired) electrons. The number of pyridine rings is 1. The lowest BCUT2D eigenvalue weighted by atomic mass is 10.3. The molecule has 0 amide bonds. The molecule has 0 bridgehead atoms. The van der Waals surface area contributed by atoms with Crippen LogP contribution < -0.4 is 0 Å². The number of aliphatic hydroxyl groups is 1. The van der Waals surface area contributed by atoms with Crippen molar-refractivity contribution in [2.45, 2.75) is 18.9 Å². The van der Waals surface area contributed by atoms with Crippen LogP contribution in [0.1, 0.15) is 11.3 Å². The summed E-state index contributed by atoms with van der Waals surface area (Å²) in [5.74, 6) is 0.718. The van der Waals surface area contributed by atoms with Crippen molar-refractivity contribution in [3.63, 3.8) is 0 Å². The average Bonchev–Trinajstić information content (AvgIpc) is 1.99. The van der Waals surface area contributed by atoms with Crippen LogP contribution in [0.4, 0.5) is 0 Å².